The van der Waals surface area contributed by atoms with E-state index in [4.69, 9.17) is 5.73 Å². The van der Waals surface area contributed by atoms with E-state index in [-0.39, 0.29) is 0 Å². The molecule has 18 heavy (non-hydrogen) atoms. The second-order valence-corrected chi connectivity index (χ2v) is 5.46. The molecule has 0 aromatic carbocycles. The van der Waals surface area contributed by atoms with Gasteiger partial charge < -0.3 is 10.3 Å². The van der Waals surface area contributed by atoms with E-state index in [0.717, 1.165) is 0 Å². The summed E-state index contributed by atoms with van der Waals surface area (Å²) in [6.45, 7) is 5.81. The fourth-order valence-corrected chi connectivity index (χ4v) is 2.16. The number of aryl methyl sites for hydroxylation is 1. The van der Waals surface area contributed by atoms with Crippen LogP contribution >= 0.6 is 0 Å². The summed E-state index contributed by atoms with van der Waals surface area (Å²) in [6.07, 6.45) is 1.63. The summed E-state index contributed by atoms with van der Waals surface area (Å²) in [6, 6.07) is 0. The Bertz CT molecular complexity index is 437. The molecule has 0 spiro atoms. The lowest BCUT2D eigenvalue weighted by Gasteiger charge is -2.12. The summed E-state index contributed by atoms with van der Waals surface area (Å²) in [5.41, 5.74) is 7.47. The van der Waals surface area contributed by atoms with Gasteiger partial charge in [0.15, 0.2) is 0 Å². The zero-order chi connectivity index (χ0) is 13.7. The molecule has 0 saturated carbocycles. The van der Waals surface area contributed by atoms with E-state index in [1.54, 1.807) is 25.2 Å². The van der Waals surface area contributed by atoms with Gasteiger partial charge in [0.1, 0.15) is 17.1 Å². The average molecular weight is 269 g/mol. The Balaban J connectivity index is 3.08. The van der Waals surface area contributed by atoms with Crippen molar-refractivity contribution in [1.82, 2.24) is 15.0 Å². The topological polar surface area (TPSA) is 90.5 Å². The van der Waals surface area contributed by atoms with Crippen LogP contribution in [-0.2, 0) is 11.2 Å². The summed E-state index contributed by atoms with van der Waals surface area (Å²) in [4.78, 5) is 8.59. The monoisotopic (exact) mass is 269 g/mol. The minimum absolute atomic E-state index is 0.324. The SMILES string of the molecule is CC[S+]([O-])c1nc(/C(C)=N/N(C)CN)cnc1C. The minimum atomic E-state index is -1.11. The Morgan fingerprint density at radius 3 is 2.83 bits per heavy atom. The molecule has 0 bridgehead atoms. The van der Waals surface area contributed by atoms with Crippen LogP contribution in [0.3, 0.4) is 0 Å². The summed E-state index contributed by atoms with van der Waals surface area (Å²) in [5, 5.41) is 6.38. The molecule has 1 unspecified atom stereocenters. The number of aromatic nitrogens is 2. The van der Waals surface area contributed by atoms with Crippen molar-refractivity contribution in [3.63, 3.8) is 0 Å². The van der Waals surface area contributed by atoms with Crippen molar-refractivity contribution < 1.29 is 4.55 Å². The van der Waals surface area contributed by atoms with Crippen LogP contribution in [0.5, 0.6) is 0 Å². The van der Waals surface area contributed by atoms with Gasteiger partial charge in [0, 0.05) is 18.2 Å². The van der Waals surface area contributed by atoms with Gasteiger partial charge in [-0.25, -0.2) is 0 Å². The third kappa shape index (κ3) is 3.66. The van der Waals surface area contributed by atoms with E-state index in [9.17, 15) is 4.55 Å². The summed E-state index contributed by atoms with van der Waals surface area (Å²) in [7, 11) is 1.77. The van der Waals surface area contributed by atoms with E-state index < -0.39 is 11.2 Å². The summed E-state index contributed by atoms with van der Waals surface area (Å²) >= 11 is -1.11. The first-order valence-electron chi connectivity index (χ1n) is 5.68. The predicted molar refractivity (Wildman–Crippen MR) is 72.7 cm³/mol. The molecule has 0 fully saturated rings. The first-order chi connectivity index (χ1) is 8.49. The van der Waals surface area contributed by atoms with Gasteiger partial charge >= 0.3 is 0 Å². The van der Waals surface area contributed by atoms with Crippen molar-refractivity contribution in [3.05, 3.63) is 17.6 Å². The van der Waals surface area contributed by atoms with E-state index in [2.05, 4.69) is 15.1 Å². The van der Waals surface area contributed by atoms with Gasteiger partial charge in [-0.1, -0.05) is 0 Å². The highest BCUT2D eigenvalue weighted by atomic mass is 32.2. The lowest BCUT2D eigenvalue weighted by atomic mass is 10.3. The molecule has 0 aliphatic carbocycles. The van der Waals surface area contributed by atoms with Crippen molar-refractivity contribution in [1.29, 1.82) is 0 Å². The number of nitrogens with two attached hydrogens (primary N) is 1. The van der Waals surface area contributed by atoms with Crippen LogP contribution in [-0.4, -0.2) is 44.7 Å². The van der Waals surface area contributed by atoms with Crippen molar-refractivity contribution in [3.8, 4) is 0 Å². The average Bonchev–Trinajstić information content (AvgIpc) is 2.38. The maximum absolute atomic E-state index is 11.8. The van der Waals surface area contributed by atoms with Crippen LogP contribution in [0.2, 0.25) is 0 Å². The van der Waals surface area contributed by atoms with Gasteiger partial charge in [0.05, 0.1) is 18.6 Å². The van der Waals surface area contributed by atoms with Gasteiger partial charge in [0.25, 0.3) is 5.03 Å². The molecule has 1 heterocycles. The first-order valence-corrected chi connectivity index (χ1v) is 7.00. The molecular weight excluding hydrogens is 250 g/mol. The van der Waals surface area contributed by atoms with Gasteiger partial charge in [-0.2, -0.15) is 10.1 Å². The molecule has 7 heteroatoms. The lowest BCUT2D eigenvalue weighted by Crippen LogP contribution is -2.22. The van der Waals surface area contributed by atoms with Gasteiger partial charge in [-0.15, -0.1) is 0 Å². The van der Waals surface area contributed by atoms with E-state index in [1.165, 1.54) is 0 Å². The van der Waals surface area contributed by atoms with Crippen molar-refractivity contribution in [2.75, 3.05) is 19.5 Å². The van der Waals surface area contributed by atoms with Crippen LogP contribution in [0, 0.1) is 6.92 Å². The fraction of sp³-hybridized carbons (Fsp3) is 0.545. The molecule has 0 radical (unpaired) electrons. The molecule has 1 aromatic heterocycles. The van der Waals surface area contributed by atoms with E-state index in [0.29, 0.717) is 34.5 Å². The van der Waals surface area contributed by atoms with Crippen LogP contribution in [0.4, 0.5) is 0 Å². The van der Waals surface area contributed by atoms with Crippen molar-refractivity contribution in [2.24, 2.45) is 10.8 Å². The molecule has 1 atom stereocenters. The standard InChI is InChI=1S/C11H19N5OS/c1-5-18(17)11-9(3)13-6-10(14-11)8(2)15-16(4)7-12/h6H,5,7,12H2,1-4H3/b15-8+. The van der Waals surface area contributed by atoms with Crippen LogP contribution < -0.4 is 5.73 Å². The Hall–Kier alpha value is -1.18. The first kappa shape index (κ1) is 14.9. The number of rotatable bonds is 5. The van der Waals surface area contributed by atoms with Gasteiger partial charge in [0.2, 0.25) is 0 Å². The van der Waals surface area contributed by atoms with Crippen LogP contribution in [0.1, 0.15) is 25.2 Å². The molecule has 2 N–H and O–H groups in total. The number of nitrogens with zero attached hydrogens (tertiary/aromatic N) is 4. The van der Waals surface area contributed by atoms with Gasteiger partial charge in [-0.05, 0) is 20.8 Å². The Kier molecular flexibility index (Phi) is 5.52. The smallest absolute Gasteiger partial charge is 0.266 e. The predicted octanol–water partition coefficient (Wildman–Crippen LogP) is 0.485. The third-order valence-corrected chi connectivity index (χ3v) is 3.69. The molecule has 100 valence electrons. The fourth-order valence-electron chi connectivity index (χ4n) is 1.31. The Morgan fingerprint density at radius 1 is 1.61 bits per heavy atom. The van der Waals surface area contributed by atoms with Crippen LogP contribution in [0.15, 0.2) is 16.3 Å². The Labute approximate surface area is 110 Å². The zero-order valence-electron chi connectivity index (χ0n) is 11.2. The quantitative estimate of drug-likeness (QED) is 0.363. The van der Waals surface area contributed by atoms with Crippen molar-refractivity contribution >= 4 is 16.9 Å². The molecule has 0 amide bonds. The second-order valence-electron chi connectivity index (χ2n) is 3.81. The molecule has 1 rings (SSSR count). The highest BCUT2D eigenvalue weighted by molar-refractivity contribution is 7.91. The zero-order valence-corrected chi connectivity index (χ0v) is 12.0. The largest absolute Gasteiger partial charge is 0.610 e. The molecule has 1 aromatic rings. The van der Waals surface area contributed by atoms with E-state index in [1.807, 2.05) is 13.8 Å². The molecule has 0 aliphatic heterocycles. The normalized spacial score (nSPS) is 13.6. The summed E-state index contributed by atoms with van der Waals surface area (Å²) < 4.78 is 11.8. The maximum atomic E-state index is 11.8. The maximum Gasteiger partial charge on any atom is 0.266 e. The molecule has 0 aliphatic rings. The lowest BCUT2D eigenvalue weighted by molar-refractivity contribution is 0.366. The molecular formula is C11H19N5OS. The van der Waals surface area contributed by atoms with Gasteiger partial charge in [-0.3, -0.25) is 9.99 Å². The minimum Gasteiger partial charge on any atom is -0.610 e. The number of hydrazone groups is 1. The number of hydrogen-bond donors (Lipinski definition) is 1. The van der Waals surface area contributed by atoms with Crippen LogP contribution in [0.25, 0.3) is 0 Å². The summed E-state index contributed by atoms with van der Waals surface area (Å²) in [5.74, 6) is 0.526. The highest BCUT2D eigenvalue weighted by Crippen LogP contribution is 2.12. The van der Waals surface area contributed by atoms with E-state index >= 15 is 0 Å². The van der Waals surface area contributed by atoms with Crippen molar-refractivity contribution in [2.45, 2.75) is 25.8 Å². The second kappa shape index (κ2) is 6.67. The molecule has 0 saturated heterocycles. The molecule has 6 nitrogen and oxygen atoms in total. The Morgan fingerprint density at radius 2 is 2.28 bits per heavy atom. The highest BCUT2D eigenvalue weighted by Gasteiger charge is 2.16. The number of hydrogen-bond acceptors (Lipinski definition) is 6. The third-order valence-electron chi connectivity index (χ3n) is 2.35.